The molecule has 2 amide bonds. The number of nitrogens with one attached hydrogen (secondary N) is 2. The van der Waals surface area contributed by atoms with Crippen molar-refractivity contribution in [3.05, 3.63) is 0 Å². The second kappa shape index (κ2) is 12.3. The van der Waals surface area contributed by atoms with Gasteiger partial charge >= 0.3 is 23.8 Å². The Morgan fingerprint density at radius 3 is 1.18 bits per heavy atom. The average Bonchev–Trinajstić information content (AvgIpc) is 2.59. The minimum absolute atomic E-state index is 0.372. The van der Waals surface area contributed by atoms with Crippen molar-refractivity contribution in [2.75, 3.05) is 13.2 Å². The van der Waals surface area contributed by atoms with E-state index < -0.39 is 46.0 Å². The number of carbonyl (C=O) groups is 4. The van der Waals surface area contributed by atoms with Gasteiger partial charge in [0, 0.05) is 24.3 Å². The van der Waals surface area contributed by atoms with Crippen LogP contribution in [0.5, 0.6) is 0 Å². The number of hydrogen-bond acceptors (Lipinski definition) is 6. The number of carbonyl (C=O) groups excluding carboxylic acids is 2. The monoisotopic (exact) mass is 474 g/mol. The van der Waals surface area contributed by atoms with Crippen LogP contribution in [-0.2, 0) is 28.7 Å². The molecule has 0 aliphatic rings. The number of ether oxygens (including phenoxy) is 2. The van der Waals surface area contributed by atoms with Crippen LogP contribution in [0.25, 0.3) is 0 Å². The highest BCUT2D eigenvalue weighted by Crippen LogP contribution is 2.25. The number of carboxylic acid groups (broad SMARTS) is 2. The molecule has 192 valence electrons. The Morgan fingerprint density at radius 1 is 0.606 bits per heavy atom. The molecular weight excluding hydrogens is 432 g/mol. The van der Waals surface area contributed by atoms with Gasteiger partial charge in [-0.25, -0.2) is 9.59 Å². The molecule has 33 heavy (non-hydrogen) atoms. The third-order valence-electron chi connectivity index (χ3n) is 5.29. The standard InChI is InChI=1S/C23H42N2O8/c1-20(2,24-16(26)18(28)29)12-14-32-22(5,6)10-9-11-23(7,8)33-15-13-21(3,4)25-17(27)19(30)31/h9-15H2,1-8H3,(H,24,26)(H,25,27)(H,28,29)(H,30,31). The van der Waals surface area contributed by atoms with Gasteiger partial charge in [-0.3, -0.25) is 9.59 Å². The van der Waals surface area contributed by atoms with E-state index in [1.807, 2.05) is 27.7 Å². The molecule has 0 aromatic rings. The van der Waals surface area contributed by atoms with Crippen LogP contribution in [-0.4, -0.2) is 69.5 Å². The molecule has 0 aromatic carbocycles. The number of carboxylic acids is 2. The lowest BCUT2D eigenvalue weighted by Crippen LogP contribution is -2.47. The second-order valence-electron chi connectivity index (χ2n) is 10.9. The summed E-state index contributed by atoms with van der Waals surface area (Å²) in [6.45, 7) is 15.7. The molecule has 0 aromatic heterocycles. The summed E-state index contributed by atoms with van der Waals surface area (Å²) in [5.74, 6) is -5.09. The van der Waals surface area contributed by atoms with Crippen LogP contribution in [0.2, 0.25) is 0 Å². The minimum Gasteiger partial charge on any atom is -0.474 e. The molecule has 0 saturated carbocycles. The first-order chi connectivity index (χ1) is 14.8. The smallest absolute Gasteiger partial charge is 0.394 e. The van der Waals surface area contributed by atoms with Gasteiger partial charge in [0.05, 0.1) is 11.2 Å². The van der Waals surface area contributed by atoms with Crippen molar-refractivity contribution >= 4 is 23.8 Å². The zero-order valence-corrected chi connectivity index (χ0v) is 21.3. The maximum atomic E-state index is 11.4. The van der Waals surface area contributed by atoms with Crippen molar-refractivity contribution < 1.29 is 38.9 Å². The zero-order valence-electron chi connectivity index (χ0n) is 21.3. The Kier molecular flexibility index (Phi) is 11.5. The largest absolute Gasteiger partial charge is 0.474 e. The average molecular weight is 475 g/mol. The van der Waals surface area contributed by atoms with Crippen LogP contribution in [0.15, 0.2) is 0 Å². The molecule has 0 fully saturated rings. The van der Waals surface area contributed by atoms with E-state index in [-0.39, 0.29) is 0 Å². The Hall–Kier alpha value is -2.20. The van der Waals surface area contributed by atoms with E-state index >= 15 is 0 Å². The van der Waals surface area contributed by atoms with Gasteiger partial charge in [-0.1, -0.05) is 0 Å². The molecule has 0 bridgehead atoms. The topological polar surface area (TPSA) is 151 Å². The second-order valence-corrected chi connectivity index (χ2v) is 10.9. The van der Waals surface area contributed by atoms with Gasteiger partial charge in [0.1, 0.15) is 0 Å². The van der Waals surface area contributed by atoms with E-state index in [1.165, 1.54) is 0 Å². The highest BCUT2D eigenvalue weighted by atomic mass is 16.5. The van der Waals surface area contributed by atoms with E-state index in [0.717, 1.165) is 19.3 Å². The van der Waals surface area contributed by atoms with Crippen LogP contribution in [0.4, 0.5) is 0 Å². The quantitative estimate of drug-likeness (QED) is 0.280. The predicted molar refractivity (Wildman–Crippen MR) is 123 cm³/mol. The Morgan fingerprint density at radius 2 is 0.909 bits per heavy atom. The summed E-state index contributed by atoms with van der Waals surface area (Å²) in [4.78, 5) is 44.1. The summed E-state index contributed by atoms with van der Waals surface area (Å²) in [5.41, 5.74) is -2.18. The van der Waals surface area contributed by atoms with Crippen LogP contribution in [0.1, 0.15) is 87.5 Å². The first kappa shape index (κ1) is 30.8. The maximum absolute atomic E-state index is 11.4. The van der Waals surface area contributed by atoms with Gasteiger partial charge in [0.25, 0.3) is 0 Å². The molecular formula is C23H42N2O8. The lowest BCUT2D eigenvalue weighted by molar-refractivity contribution is -0.151. The molecule has 0 radical (unpaired) electrons. The molecule has 10 nitrogen and oxygen atoms in total. The van der Waals surface area contributed by atoms with Gasteiger partial charge in [-0.15, -0.1) is 0 Å². The van der Waals surface area contributed by atoms with Crippen LogP contribution in [0.3, 0.4) is 0 Å². The number of amides is 2. The first-order valence-electron chi connectivity index (χ1n) is 11.2. The van der Waals surface area contributed by atoms with Crippen LogP contribution in [0, 0.1) is 0 Å². The SMILES string of the molecule is CC(C)(CCOC(C)(C)CCCC(C)(C)OCCC(C)(C)NC(=O)C(=O)O)NC(=O)C(=O)O. The molecule has 0 aliphatic carbocycles. The molecule has 0 atom stereocenters. The lowest BCUT2D eigenvalue weighted by Gasteiger charge is -2.32. The Balaban J connectivity index is 4.36. The maximum Gasteiger partial charge on any atom is 0.394 e. The van der Waals surface area contributed by atoms with Gasteiger partial charge < -0.3 is 30.3 Å². The number of rotatable bonds is 14. The van der Waals surface area contributed by atoms with Gasteiger partial charge in [0.2, 0.25) is 0 Å². The summed E-state index contributed by atoms with van der Waals surface area (Å²) >= 11 is 0. The zero-order chi connectivity index (χ0) is 26.1. The molecule has 10 heteroatoms. The number of hydrogen-bond donors (Lipinski definition) is 4. The van der Waals surface area contributed by atoms with E-state index in [9.17, 15) is 19.2 Å². The molecule has 0 aliphatic heterocycles. The molecule has 0 saturated heterocycles. The van der Waals surface area contributed by atoms with Gasteiger partial charge in [-0.2, -0.15) is 0 Å². The van der Waals surface area contributed by atoms with Crippen LogP contribution < -0.4 is 10.6 Å². The highest BCUT2D eigenvalue weighted by molar-refractivity contribution is 6.32. The molecule has 0 rings (SSSR count). The van der Waals surface area contributed by atoms with E-state index in [4.69, 9.17) is 19.7 Å². The molecule has 4 N–H and O–H groups in total. The Bertz CT molecular complexity index is 641. The predicted octanol–water partition coefficient (Wildman–Crippen LogP) is 2.49. The number of aliphatic carboxylic acids is 2. The fourth-order valence-corrected chi connectivity index (χ4v) is 3.10. The van der Waals surface area contributed by atoms with Gasteiger partial charge in [0.15, 0.2) is 0 Å². The third-order valence-corrected chi connectivity index (χ3v) is 5.29. The first-order valence-corrected chi connectivity index (χ1v) is 11.2. The summed E-state index contributed by atoms with van der Waals surface area (Å²) < 4.78 is 12.0. The summed E-state index contributed by atoms with van der Waals surface area (Å²) in [7, 11) is 0. The lowest BCUT2D eigenvalue weighted by atomic mass is 9.94. The third kappa shape index (κ3) is 14.5. The van der Waals surface area contributed by atoms with Crippen molar-refractivity contribution in [1.82, 2.24) is 10.6 Å². The normalized spacial score (nSPS) is 12.8. The van der Waals surface area contributed by atoms with E-state index in [2.05, 4.69) is 10.6 Å². The summed E-state index contributed by atoms with van der Waals surface area (Å²) in [6.07, 6.45) is 3.35. The minimum atomic E-state index is -1.51. The van der Waals surface area contributed by atoms with Crippen molar-refractivity contribution in [2.24, 2.45) is 0 Å². The van der Waals surface area contributed by atoms with E-state index in [0.29, 0.717) is 26.1 Å². The van der Waals surface area contributed by atoms with Crippen LogP contribution >= 0.6 is 0 Å². The molecule has 0 heterocycles. The molecule has 0 spiro atoms. The fraction of sp³-hybridized carbons (Fsp3) is 0.826. The van der Waals surface area contributed by atoms with Gasteiger partial charge in [-0.05, 0) is 87.5 Å². The fourth-order valence-electron chi connectivity index (χ4n) is 3.10. The highest BCUT2D eigenvalue weighted by Gasteiger charge is 2.28. The van der Waals surface area contributed by atoms with Crippen molar-refractivity contribution in [1.29, 1.82) is 0 Å². The summed E-state index contributed by atoms with van der Waals surface area (Å²) in [5, 5.41) is 22.4. The van der Waals surface area contributed by atoms with Crippen molar-refractivity contribution in [2.45, 2.75) is 110 Å². The van der Waals surface area contributed by atoms with Crippen molar-refractivity contribution in [3.63, 3.8) is 0 Å². The van der Waals surface area contributed by atoms with E-state index in [1.54, 1.807) is 27.7 Å². The summed E-state index contributed by atoms with van der Waals surface area (Å²) in [6, 6.07) is 0. The van der Waals surface area contributed by atoms with Crippen molar-refractivity contribution in [3.8, 4) is 0 Å². The Labute approximate surface area is 196 Å². The molecule has 0 unspecified atom stereocenters.